The molecule has 0 heterocycles. The van der Waals surface area contributed by atoms with Gasteiger partial charge in [-0.1, -0.05) is 105 Å². The molecule has 5 rings (SSSR count). The fourth-order valence-electron chi connectivity index (χ4n) is 5.92. The molecular weight excluding hydrogens is 428 g/mol. The van der Waals surface area contributed by atoms with Crippen LogP contribution in [0.4, 0.5) is 0 Å². The van der Waals surface area contributed by atoms with Gasteiger partial charge in [-0.05, 0) is 63.4 Å². The van der Waals surface area contributed by atoms with E-state index < -0.39 is 0 Å². The summed E-state index contributed by atoms with van der Waals surface area (Å²) >= 11 is 0. The summed E-state index contributed by atoms with van der Waals surface area (Å²) in [5.74, 6) is 2.00. The number of benzene rings is 4. The Balaban J connectivity index is 1.73. The van der Waals surface area contributed by atoms with Gasteiger partial charge in [0.25, 0.3) is 0 Å². The molecule has 0 aliphatic heterocycles. The van der Waals surface area contributed by atoms with E-state index >= 15 is 0 Å². The number of hydrogen-bond donors (Lipinski definition) is 0. The lowest BCUT2D eigenvalue weighted by Gasteiger charge is -2.22. The molecule has 1 unspecified atom stereocenters. The van der Waals surface area contributed by atoms with Crippen LogP contribution in [0.3, 0.4) is 0 Å². The topological polar surface area (TPSA) is 18.5 Å². The van der Waals surface area contributed by atoms with E-state index in [4.69, 9.17) is 9.47 Å². The first-order valence-electron chi connectivity index (χ1n) is 12.1. The van der Waals surface area contributed by atoms with Crippen molar-refractivity contribution in [3.63, 3.8) is 0 Å². The fourth-order valence-corrected chi connectivity index (χ4v) is 5.92. The second kappa shape index (κ2) is 9.11. The van der Waals surface area contributed by atoms with Crippen molar-refractivity contribution in [3.05, 3.63) is 138 Å². The second-order valence-corrected chi connectivity index (χ2v) is 9.78. The summed E-state index contributed by atoms with van der Waals surface area (Å²) in [6.45, 7) is 4.78. The number of hydrogen-bond acceptors (Lipinski definition) is 2. The molecular formula is C33H32O2. The lowest BCUT2D eigenvalue weighted by Crippen LogP contribution is -2.16. The predicted molar refractivity (Wildman–Crippen MR) is 144 cm³/mol. The van der Waals surface area contributed by atoms with Gasteiger partial charge in [-0.15, -0.1) is 0 Å². The Morgan fingerprint density at radius 3 is 1.51 bits per heavy atom. The maximum atomic E-state index is 5.58. The molecule has 0 N–H and O–H groups in total. The third-order valence-electron chi connectivity index (χ3n) is 7.73. The van der Waals surface area contributed by atoms with Crippen LogP contribution in [0.2, 0.25) is 0 Å². The van der Waals surface area contributed by atoms with Crippen LogP contribution in [0, 0.1) is 11.3 Å². The van der Waals surface area contributed by atoms with Crippen LogP contribution < -0.4 is 9.47 Å². The Kier molecular flexibility index (Phi) is 5.98. The van der Waals surface area contributed by atoms with E-state index in [1.165, 1.54) is 16.7 Å². The normalized spacial score (nSPS) is 17.3. The maximum absolute atomic E-state index is 5.58. The highest BCUT2D eigenvalue weighted by molar-refractivity contribution is 5.82. The highest BCUT2D eigenvalue weighted by atomic mass is 16.5. The molecule has 176 valence electrons. The quantitative estimate of drug-likeness (QED) is 0.280. The van der Waals surface area contributed by atoms with Crippen LogP contribution in [0.5, 0.6) is 11.5 Å². The average Bonchev–Trinajstić information content (AvgIpc) is 3.42. The maximum Gasteiger partial charge on any atom is 0.119 e. The molecule has 0 bridgehead atoms. The SMILES string of the molecule is COc1cccc(C(=CC2C(C)(C)C2(c2ccccc2)c2ccccc2)c2cccc(OC)c2)c1. The van der Waals surface area contributed by atoms with Crippen molar-refractivity contribution in [3.8, 4) is 11.5 Å². The van der Waals surface area contributed by atoms with Gasteiger partial charge in [0.1, 0.15) is 11.5 Å². The van der Waals surface area contributed by atoms with Crippen molar-refractivity contribution in [2.24, 2.45) is 11.3 Å². The van der Waals surface area contributed by atoms with E-state index in [-0.39, 0.29) is 10.8 Å². The molecule has 1 aliphatic rings. The molecule has 4 aromatic carbocycles. The molecule has 1 atom stereocenters. The third kappa shape index (κ3) is 3.83. The van der Waals surface area contributed by atoms with Crippen LogP contribution in [0.15, 0.2) is 115 Å². The molecule has 0 saturated heterocycles. The van der Waals surface area contributed by atoms with Gasteiger partial charge in [-0.3, -0.25) is 0 Å². The van der Waals surface area contributed by atoms with E-state index in [2.05, 4.69) is 117 Å². The molecule has 0 aromatic heterocycles. The molecule has 1 fully saturated rings. The van der Waals surface area contributed by atoms with Gasteiger partial charge < -0.3 is 9.47 Å². The monoisotopic (exact) mass is 460 g/mol. The number of allylic oxidation sites excluding steroid dienone is 1. The Hall–Kier alpha value is -3.78. The van der Waals surface area contributed by atoms with Crippen LogP contribution >= 0.6 is 0 Å². The second-order valence-electron chi connectivity index (χ2n) is 9.78. The zero-order valence-electron chi connectivity index (χ0n) is 20.9. The minimum Gasteiger partial charge on any atom is -0.497 e. The van der Waals surface area contributed by atoms with Gasteiger partial charge in [0.15, 0.2) is 0 Å². The van der Waals surface area contributed by atoms with E-state index in [9.17, 15) is 0 Å². The molecule has 1 saturated carbocycles. The smallest absolute Gasteiger partial charge is 0.119 e. The number of methoxy groups -OCH3 is 2. The first-order valence-corrected chi connectivity index (χ1v) is 12.1. The van der Waals surface area contributed by atoms with Crippen molar-refractivity contribution >= 4 is 5.57 Å². The Morgan fingerprint density at radius 1 is 0.629 bits per heavy atom. The van der Waals surface area contributed by atoms with Crippen molar-refractivity contribution in [2.75, 3.05) is 14.2 Å². The molecule has 0 amide bonds. The van der Waals surface area contributed by atoms with Gasteiger partial charge >= 0.3 is 0 Å². The van der Waals surface area contributed by atoms with Crippen molar-refractivity contribution in [2.45, 2.75) is 19.3 Å². The number of ether oxygens (including phenoxy) is 2. The third-order valence-corrected chi connectivity index (χ3v) is 7.73. The van der Waals surface area contributed by atoms with Crippen LogP contribution in [0.1, 0.15) is 36.1 Å². The van der Waals surface area contributed by atoms with Gasteiger partial charge in [0, 0.05) is 5.41 Å². The zero-order chi connectivity index (χ0) is 24.5. The Labute approximate surface area is 208 Å². The average molecular weight is 461 g/mol. The molecule has 2 nitrogen and oxygen atoms in total. The Morgan fingerprint density at radius 2 is 1.09 bits per heavy atom. The summed E-state index contributed by atoms with van der Waals surface area (Å²) in [7, 11) is 3.43. The van der Waals surface area contributed by atoms with Crippen LogP contribution in [-0.2, 0) is 5.41 Å². The van der Waals surface area contributed by atoms with Gasteiger partial charge in [-0.25, -0.2) is 0 Å². The first-order chi connectivity index (χ1) is 17.0. The highest BCUT2D eigenvalue weighted by Gasteiger charge is 2.71. The van der Waals surface area contributed by atoms with Crippen molar-refractivity contribution in [1.29, 1.82) is 0 Å². The Bertz CT molecular complexity index is 1250. The molecule has 35 heavy (non-hydrogen) atoms. The molecule has 4 aromatic rings. The summed E-state index contributed by atoms with van der Waals surface area (Å²) in [6.07, 6.45) is 2.48. The van der Waals surface area contributed by atoms with Crippen LogP contribution in [0.25, 0.3) is 5.57 Å². The lowest BCUT2D eigenvalue weighted by atomic mass is 9.81. The predicted octanol–water partition coefficient (Wildman–Crippen LogP) is 7.78. The molecule has 0 spiro atoms. The van der Waals surface area contributed by atoms with Crippen molar-refractivity contribution < 1.29 is 9.47 Å². The highest BCUT2D eigenvalue weighted by Crippen LogP contribution is 2.73. The molecule has 0 radical (unpaired) electrons. The van der Waals surface area contributed by atoms with Crippen LogP contribution in [-0.4, -0.2) is 14.2 Å². The summed E-state index contributed by atoms with van der Waals surface area (Å²) in [6, 6.07) is 38.6. The summed E-state index contributed by atoms with van der Waals surface area (Å²) in [5, 5.41) is 0. The number of rotatable bonds is 7. The lowest BCUT2D eigenvalue weighted by molar-refractivity contribution is 0.414. The standard InChI is InChI=1S/C33H32O2/c1-32(2)31(33(32,26-15-7-5-8-16-26)27-17-9-6-10-18-27)23-30(24-13-11-19-28(21-24)34-3)25-14-12-20-29(22-25)35-4/h5-23,31H,1-4H3. The molecule has 1 aliphatic carbocycles. The van der Waals surface area contributed by atoms with E-state index in [1.807, 2.05) is 12.1 Å². The first kappa shape index (κ1) is 23.0. The van der Waals surface area contributed by atoms with Gasteiger partial charge in [-0.2, -0.15) is 0 Å². The fraction of sp³-hybridized carbons (Fsp3) is 0.212. The molecule has 2 heteroatoms. The van der Waals surface area contributed by atoms with Gasteiger partial charge in [0.05, 0.1) is 14.2 Å². The largest absolute Gasteiger partial charge is 0.497 e. The summed E-state index contributed by atoms with van der Waals surface area (Å²) < 4.78 is 11.2. The minimum atomic E-state index is -0.113. The van der Waals surface area contributed by atoms with E-state index in [0.717, 1.165) is 22.6 Å². The summed E-state index contributed by atoms with van der Waals surface area (Å²) in [5.41, 5.74) is 6.08. The minimum absolute atomic E-state index is 0.0265. The van der Waals surface area contributed by atoms with Crippen molar-refractivity contribution in [1.82, 2.24) is 0 Å². The van der Waals surface area contributed by atoms with E-state index in [1.54, 1.807) is 14.2 Å². The zero-order valence-corrected chi connectivity index (χ0v) is 20.9. The summed E-state index contributed by atoms with van der Waals surface area (Å²) in [4.78, 5) is 0. The van der Waals surface area contributed by atoms with Gasteiger partial charge in [0.2, 0.25) is 0 Å². The van der Waals surface area contributed by atoms with E-state index in [0.29, 0.717) is 5.92 Å².